The number of hydrogen-bond acceptors (Lipinski definition) is 3. The SMILES string of the molecule is NC1CCCCC1C(=O)c1cccc(OC2CC2)c1. The van der Waals surface area contributed by atoms with E-state index in [-0.39, 0.29) is 17.7 Å². The van der Waals surface area contributed by atoms with E-state index in [4.69, 9.17) is 10.5 Å². The summed E-state index contributed by atoms with van der Waals surface area (Å²) in [4.78, 5) is 12.5. The van der Waals surface area contributed by atoms with Gasteiger partial charge in [-0.1, -0.05) is 25.0 Å². The molecule has 2 atom stereocenters. The molecule has 3 heteroatoms. The van der Waals surface area contributed by atoms with Gasteiger partial charge in [0.25, 0.3) is 0 Å². The first-order valence-corrected chi connectivity index (χ1v) is 7.30. The van der Waals surface area contributed by atoms with Crippen molar-refractivity contribution >= 4 is 5.78 Å². The summed E-state index contributed by atoms with van der Waals surface area (Å²) in [5.41, 5.74) is 6.84. The molecule has 102 valence electrons. The van der Waals surface area contributed by atoms with Crippen molar-refractivity contribution in [2.75, 3.05) is 0 Å². The molecule has 0 bridgehead atoms. The second-order valence-corrected chi connectivity index (χ2v) is 5.76. The third-order valence-electron chi connectivity index (χ3n) is 4.10. The van der Waals surface area contributed by atoms with Crippen LogP contribution in [0.4, 0.5) is 0 Å². The number of rotatable bonds is 4. The Morgan fingerprint density at radius 1 is 1.16 bits per heavy atom. The number of ketones is 1. The van der Waals surface area contributed by atoms with Gasteiger partial charge in [0, 0.05) is 17.5 Å². The van der Waals surface area contributed by atoms with Crippen LogP contribution in [0.5, 0.6) is 5.75 Å². The van der Waals surface area contributed by atoms with Gasteiger partial charge in [0.2, 0.25) is 0 Å². The molecule has 0 radical (unpaired) electrons. The van der Waals surface area contributed by atoms with Crippen LogP contribution in [0.25, 0.3) is 0 Å². The lowest BCUT2D eigenvalue weighted by Crippen LogP contribution is -2.38. The summed E-state index contributed by atoms with van der Waals surface area (Å²) < 4.78 is 5.75. The first kappa shape index (κ1) is 12.7. The summed E-state index contributed by atoms with van der Waals surface area (Å²) in [5.74, 6) is 0.996. The number of Topliss-reactive ketones (excluding diaryl/α,β-unsaturated/α-hetero) is 1. The minimum Gasteiger partial charge on any atom is -0.490 e. The fraction of sp³-hybridized carbons (Fsp3) is 0.562. The average Bonchev–Trinajstić information content (AvgIpc) is 3.23. The first-order chi connectivity index (χ1) is 9.24. The second-order valence-electron chi connectivity index (χ2n) is 5.76. The summed E-state index contributed by atoms with van der Waals surface area (Å²) in [6, 6.07) is 7.61. The minimum absolute atomic E-state index is 0.00933. The van der Waals surface area contributed by atoms with Gasteiger partial charge in [0.1, 0.15) is 5.75 Å². The molecule has 2 aliphatic carbocycles. The number of nitrogens with two attached hydrogens (primary N) is 1. The molecule has 0 amide bonds. The fourth-order valence-electron chi connectivity index (χ4n) is 2.80. The summed E-state index contributed by atoms with van der Waals surface area (Å²) in [7, 11) is 0. The van der Waals surface area contributed by atoms with Crippen LogP contribution < -0.4 is 10.5 Å². The van der Waals surface area contributed by atoms with Gasteiger partial charge in [-0.2, -0.15) is 0 Å². The topological polar surface area (TPSA) is 52.3 Å². The lowest BCUT2D eigenvalue weighted by molar-refractivity contribution is 0.0870. The molecule has 0 aromatic heterocycles. The molecule has 0 aliphatic heterocycles. The quantitative estimate of drug-likeness (QED) is 0.846. The summed E-state index contributed by atoms with van der Waals surface area (Å²) >= 11 is 0. The van der Waals surface area contributed by atoms with E-state index in [0.717, 1.165) is 49.8 Å². The predicted molar refractivity (Wildman–Crippen MR) is 74.4 cm³/mol. The lowest BCUT2D eigenvalue weighted by atomic mass is 9.80. The smallest absolute Gasteiger partial charge is 0.167 e. The van der Waals surface area contributed by atoms with Gasteiger partial charge in [0.05, 0.1) is 6.10 Å². The zero-order chi connectivity index (χ0) is 13.2. The fourth-order valence-corrected chi connectivity index (χ4v) is 2.80. The van der Waals surface area contributed by atoms with Gasteiger partial charge < -0.3 is 10.5 Å². The van der Waals surface area contributed by atoms with Crippen molar-refractivity contribution < 1.29 is 9.53 Å². The molecule has 0 spiro atoms. The zero-order valence-electron chi connectivity index (χ0n) is 11.2. The van der Waals surface area contributed by atoms with Gasteiger partial charge >= 0.3 is 0 Å². The number of hydrogen-bond donors (Lipinski definition) is 1. The predicted octanol–water partition coefficient (Wildman–Crippen LogP) is 2.93. The molecule has 2 N–H and O–H groups in total. The molecular weight excluding hydrogens is 238 g/mol. The van der Waals surface area contributed by atoms with E-state index in [1.807, 2.05) is 24.3 Å². The molecule has 3 rings (SSSR count). The largest absolute Gasteiger partial charge is 0.490 e. The maximum Gasteiger partial charge on any atom is 0.167 e. The van der Waals surface area contributed by atoms with Gasteiger partial charge in [0.15, 0.2) is 5.78 Å². The molecule has 0 saturated heterocycles. The summed E-state index contributed by atoms with van der Waals surface area (Å²) in [6.45, 7) is 0. The van der Waals surface area contributed by atoms with Gasteiger partial charge in [-0.3, -0.25) is 4.79 Å². The van der Waals surface area contributed by atoms with Crippen molar-refractivity contribution in [3.05, 3.63) is 29.8 Å². The Kier molecular flexibility index (Phi) is 3.56. The van der Waals surface area contributed by atoms with Crippen molar-refractivity contribution in [2.45, 2.75) is 50.7 Å². The Hall–Kier alpha value is -1.35. The van der Waals surface area contributed by atoms with E-state index in [1.54, 1.807) is 0 Å². The minimum atomic E-state index is -0.00933. The van der Waals surface area contributed by atoms with Crippen LogP contribution in [0, 0.1) is 5.92 Å². The van der Waals surface area contributed by atoms with E-state index in [1.165, 1.54) is 0 Å². The molecule has 2 aliphatic rings. The third kappa shape index (κ3) is 2.98. The van der Waals surface area contributed by atoms with Crippen molar-refractivity contribution in [1.82, 2.24) is 0 Å². The molecule has 19 heavy (non-hydrogen) atoms. The Bertz CT molecular complexity index is 468. The van der Waals surface area contributed by atoms with Crippen LogP contribution in [-0.4, -0.2) is 17.9 Å². The average molecular weight is 259 g/mol. The maximum absolute atomic E-state index is 12.5. The van der Waals surface area contributed by atoms with Crippen molar-refractivity contribution in [2.24, 2.45) is 11.7 Å². The van der Waals surface area contributed by atoms with Crippen LogP contribution in [-0.2, 0) is 0 Å². The van der Waals surface area contributed by atoms with Crippen LogP contribution in [0.1, 0.15) is 48.9 Å². The Labute approximate surface area is 114 Å². The van der Waals surface area contributed by atoms with Crippen molar-refractivity contribution in [3.63, 3.8) is 0 Å². The number of ether oxygens (including phenoxy) is 1. The molecule has 0 heterocycles. The van der Waals surface area contributed by atoms with E-state index < -0.39 is 0 Å². The first-order valence-electron chi connectivity index (χ1n) is 7.30. The highest BCUT2D eigenvalue weighted by Gasteiger charge is 2.29. The van der Waals surface area contributed by atoms with E-state index in [2.05, 4.69) is 0 Å². The monoisotopic (exact) mass is 259 g/mol. The molecule has 3 nitrogen and oxygen atoms in total. The Morgan fingerprint density at radius 2 is 1.95 bits per heavy atom. The maximum atomic E-state index is 12.5. The normalized spacial score (nSPS) is 27.0. The Balaban J connectivity index is 1.74. The van der Waals surface area contributed by atoms with Gasteiger partial charge in [-0.15, -0.1) is 0 Å². The summed E-state index contributed by atoms with van der Waals surface area (Å²) in [6.07, 6.45) is 6.78. The van der Waals surface area contributed by atoms with Crippen molar-refractivity contribution in [3.8, 4) is 5.75 Å². The molecular formula is C16H21NO2. The molecule has 2 unspecified atom stereocenters. The highest BCUT2D eigenvalue weighted by Crippen LogP contribution is 2.30. The van der Waals surface area contributed by atoms with E-state index in [9.17, 15) is 4.79 Å². The molecule has 1 aromatic rings. The second kappa shape index (κ2) is 5.33. The van der Waals surface area contributed by atoms with Crippen LogP contribution in [0.2, 0.25) is 0 Å². The third-order valence-corrected chi connectivity index (χ3v) is 4.10. The highest BCUT2D eigenvalue weighted by atomic mass is 16.5. The van der Waals surface area contributed by atoms with Gasteiger partial charge in [-0.25, -0.2) is 0 Å². The molecule has 2 fully saturated rings. The number of carbonyl (C=O) groups is 1. The van der Waals surface area contributed by atoms with Crippen molar-refractivity contribution in [1.29, 1.82) is 0 Å². The lowest BCUT2D eigenvalue weighted by Gasteiger charge is -2.27. The van der Waals surface area contributed by atoms with Crippen LogP contribution in [0.15, 0.2) is 24.3 Å². The Morgan fingerprint density at radius 3 is 2.68 bits per heavy atom. The highest BCUT2D eigenvalue weighted by molar-refractivity contribution is 5.98. The molecule has 2 saturated carbocycles. The summed E-state index contributed by atoms with van der Waals surface area (Å²) in [5, 5.41) is 0. The standard InChI is InChI=1S/C16H21NO2/c17-15-7-2-1-6-14(15)16(18)11-4-3-5-13(10-11)19-12-8-9-12/h3-5,10,12,14-15H,1-2,6-9,17H2. The molecule has 1 aromatic carbocycles. The zero-order valence-corrected chi connectivity index (χ0v) is 11.2. The van der Waals surface area contributed by atoms with Crippen LogP contribution in [0.3, 0.4) is 0 Å². The number of benzene rings is 1. The van der Waals surface area contributed by atoms with E-state index >= 15 is 0 Å². The van der Waals surface area contributed by atoms with E-state index in [0.29, 0.717) is 6.10 Å². The van der Waals surface area contributed by atoms with Gasteiger partial charge in [-0.05, 0) is 37.8 Å². The van der Waals surface area contributed by atoms with Crippen LogP contribution >= 0.6 is 0 Å². The number of carbonyl (C=O) groups excluding carboxylic acids is 1.